The fourth-order valence-corrected chi connectivity index (χ4v) is 11.2. The average Bonchev–Trinajstić information content (AvgIpc) is 4.33. The van der Waals surface area contributed by atoms with Crippen molar-refractivity contribution in [2.24, 2.45) is 12.5 Å². The van der Waals surface area contributed by atoms with Crippen molar-refractivity contribution in [2.75, 3.05) is 52.6 Å². The second-order valence-corrected chi connectivity index (χ2v) is 23.1. The van der Waals surface area contributed by atoms with Crippen molar-refractivity contribution in [1.29, 1.82) is 0 Å². The van der Waals surface area contributed by atoms with E-state index in [4.69, 9.17) is 9.47 Å². The smallest absolute Gasteiger partial charge is 0.281 e. The molecule has 0 bridgehead atoms. The van der Waals surface area contributed by atoms with Gasteiger partial charge in [0.2, 0.25) is 23.6 Å². The molecule has 0 unspecified atom stereocenters. The van der Waals surface area contributed by atoms with Crippen molar-refractivity contribution >= 4 is 46.0 Å². The maximum absolute atomic E-state index is 14.1. The summed E-state index contributed by atoms with van der Waals surface area (Å²) in [4.78, 5) is 81.1. The quantitative estimate of drug-likeness (QED) is 0.0488. The average molecular weight is 1100 g/mol. The van der Waals surface area contributed by atoms with Gasteiger partial charge in [-0.15, -0.1) is 11.3 Å². The van der Waals surface area contributed by atoms with Gasteiger partial charge in [-0.25, -0.2) is 9.97 Å². The third-order valence-electron chi connectivity index (χ3n) is 15.1. The summed E-state index contributed by atoms with van der Waals surface area (Å²) in [6.07, 6.45) is 1.81. The molecule has 19 nitrogen and oxygen atoms in total. The maximum Gasteiger partial charge on any atom is 0.281 e. The molecule has 8 rings (SSSR count). The fraction of sp³-hybridized carbons (Fsp3) is 0.492. The Kier molecular flexibility index (Phi) is 19.3. The lowest BCUT2D eigenvalue weighted by molar-refractivity contribution is -0.144. The standard InChI is InChI=1S/C59H76N10O9S/c1-38(42-11-9-8-10-12-42)31-49(72)67-25-22-59(76,23-26-67)35-68-36-61-50-51(56(68)74)65-66(7)52(50)44-15-13-41(14-16-44)33-60-24-28-78-30-29-77-27-21-48(71)64-54(58(4,5)6)57(75)69-34-46(70)32-47(69)55(73)63-39(2)43-17-19-45(20-18-43)53-40(3)62-37-79-53/h8-20,36-39,46-47,54,60,70,76H,21-35H2,1-7H3,(H,63,73)(H,64,71)/t38-,39+,46-,47+,54-/m1/s1. The number of carbonyl (C=O) groups excluding carboxylic acids is 4. The number of aliphatic hydroxyl groups excluding tert-OH is 1. The molecular formula is C59H76N10O9S. The van der Waals surface area contributed by atoms with Crippen LogP contribution >= 0.6 is 11.3 Å². The molecule has 79 heavy (non-hydrogen) atoms. The van der Waals surface area contributed by atoms with Gasteiger partial charge in [-0.1, -0.05) is 107 Å². The van der Waals surface area contributed by atoms with E-state index in [1.165, 1.54) is 15.8 Å². The molecule has 2 aliphatic rings. The van der Waals surface area contributed by atoms with Crippen LogP contribution < -0.4 is 21.5 Å². The van der Waals surface area contributed by atoms with Gasteiger partial charge < -0.3 is 45.4 Å². The number of nitrogens with zero attached hydrogens (tertiary/aromatic N) is 7. The van der Waals surface area contributed by atoms with Gasteiger partial charge in [-0.3, -0.25) is 33.2 Å². The van der Waals surface area contributed by atoms with Crippen molar-refractivity contribution in [3.63, 3.8) is 0 Å². The number of amides is 4. The molecule has 0 saturated carbocycles. The number of hydrogen-bond donors (Lipinski definition) is 5. The number of aryl methyl sites for hydroxylation is 2. The molecule has 4 amide bonds. The van der Waals surface area contributed by atoms with Gasteiger partial charge >= 0.3 is 0 Å². The molecule has 5 atom stereocenters. The van der Waals surface area contributed by atoms with Crippen LogP contribution in [-0.2, 0) is 48.8 Å². The number of rotatable bonds is 23. The van der Waals surface area contributed by atoms with Gasteiger partial charge in [-0.05, 0) is 60.3 Å². The summed E-state index contributed by atoms with van der Waals surface area (Å²) in [5.41, 5.74) is 6.94. The second-order valence-electron chi connectivity index (χ2n) is 22.2. The van der Waals surface area contributed by atoms with Gasteiger partial charge in [0.15, 0.2) is 5.52 Å². The first-order valence-corrected chi connectivity index (χ1v) is 28.2. The zero-order valence-corrected chi connectivity index (χ0v) is 47.3. The van der Waals surface area contributed by atoms with Gasteiger partial charge in [0, 0.05) is 64.6 Å². The highest BCUT2D eigenvalue weighted by atomic mass is 32.1. The predicted octanol–water partition coefficient (Wildman–Crippen LogP) is 5.66. The highest BCUT2D eigenvalue weighted by Crippen LogP contribution is 2.32. The molecule has 0 radical (unpaired) electrons. The second kappa shape index (κ2) is 26.1. The van der Waals surface area contributed by atoms with Crippen molar-refractivity contribution in [1.82, 2.24) is 50.1 Å². The first-order chi connectivity index (χ1) is 37.8. The largest absolute Gasteiger partial charge is 0.391 e. The van der Waals surface area contributed by atoms with Crippen LogP contribution in [0.25, 0.3) is 32.7 Å². The van der Waals surface area contributed by atoms with Gasteiger partial charge in [0.25, 0.3) is 5.56 Å². The monoisotopic (exact) mass is 1100 g/mol. The van der Waals surface area contributed by atoms with Crippen LogP contribution in [0.3, 0.4) is 0 Å². The molecule has 0 aliphatic carbocycles. The number of benzene rings is 3. The lowest BCUT2D eigenvalue weighted by Crippen LogP contribution is -2.58. The Balaban J connectivity index is 0.718. The summed E-state index contributed by atoms with van der Waals surface area (Å²) in [6, 6.07) is 23.7. The van der Waals surface area contributed by atoms with E-state index < -0.39 is 35.1 Å². The number of aliphatic hydroxyl groups is 2. The molecule has 20 heteroatoms. The van der Waals surface area contributed by atoms with Crippen LogP contribution in [0.1, 0.15) is 101 Å². The molecule has 2 aliphatic heterocycles. The number of aromatic nitrogens is 5. The summed E-state index contributed by atoms with van der Waals surface area (Å²) >= 11 is 1.57. The molecule has 0 spiro atoms. The minimum absolute atomic E-state index is 0.0171. The van der Waals surface area contributed by atoms with Crippen LogP contribution in [0.15, 0.2) is 95.5 Å². The Morgan fingerprint density at radius 1 is 0.861 bits per heavy atom. The summed E-state index contributed by atoms with van der Waals surface area (Å²) < 4.78 is 14.5. The summed E-state index contributed by atoms with van der Waals surface area (Å²) in [5, 5.41) is 36.0. The molecule has 2 saturated heterocycles. The molecule has 6 aromatic rings. The van der Waals surface area contributed by atoms with Crippen LogP contribution in [-0.4, -0.2) is 144 Å². The SMILES string of the molecule is Cc1ncsc1-c1ccc([C@H](C)NC(=O)[C@@H]2C[C@@H](O)CN2C(=O)[C@@H](NC(=O)CCOCCOCCNCc2ccc(-c3c4ncn(CC5(O)CCN(C(=O)C[C@@H](C)c6ccccc6)CC5)c(=O)c4nn3C)cc2)C(C)(C)C)cc1. The number of ether oxygens (including phenoxy) is 2. The van der Waals surface area contributed by atoms with Crippen LogP contribution in [0.2, 0.25) is 0 Å². The number of hydrogen-bond acceptors (Lipinski definition) is 14. The van der Waals surface area contributed by atoms with Crippen LogP contribution in [0.5, 0.6) is 0 Å². The van der Waals surface area contributed by atoms with E-state index in [0.717, 1.165) is 38.4 Å². The zero-order chi connectivity index (χ0) is 56.4. The molecule has 5 heterocycles. The van der Waals surface area contributed by atoms with Gasteiger partial charge in [0.1, 0.15) is 17.6 Å². The van der Waals surface area contributed by atoms with E-state index in [9.17, 15) is 34.2 Å². The van der Waals surface area contributed by atoms with Crippen molar-refractivity contribution in [2.45, 2.75) is 122 Å². The Hall–Kier alpha value is -6.68. The van der Waals surface area contributed by atoms with Gasteiger partial charge in [0.05, 0.1) is 78.8 Å². The number of nitrogens with one attached hydrogen (secondary N) is 3. The molecular weight excluding hydrogens is 1020 g/mol. The van der Waals surface area contributed by atoms with E-state index in [0.29, 0.717) is 69.9 Å². The maximum atomic E-state index is 14.1. The third kappa shape index (κ3) is 14.8. The Bertz CT molecular complexity index is 3090. The van der Waals surface area contributed by atoms with Crippen molar-refractivity contribution in [3.8, 4) is 21.7 Å². The Morgan fingerprint density at radius 2 is 1.54 bits per heavy atom. The van der Waals surface area contributed by atoms with Crippen LogP contribution in [0, 0.1) is 12.3 Å². The lowest BCUT2D eigenvalue weighted by Gasteiger charge is -2.38. The molecule has 5 N–H and O–H groups in total. The van der Waals surface area contributed by atoms with E-state index in [2.05, 4.69) is 31.0 Å². The zero-order valence-electron chi connectivity index (χ0n) is 46.4. The molecule has 422 valence electrons. The third-order valence-corrected chi connectivity index (χ3v) is 16.0. The van der Waals surface area contributed by atoms with Crippen molar-refractivity contribution < 1.29 is 38.9 Å². The topological polar surface area (TPSA) is 235 Å². The molecule has 3 aromatic carbocycles. The first-order valence-electron chi connectivity index (χ1n) is 27.3. The number of carbonyl (C=O) groups is 4. The highest BCUT2D eigenvalue weighted by Gasteiger charge is 2.45. The molecule has 2 fully saturated rings. The number of thiazole rings is 1. The minimum atomic E-state index is -1.16. The number of fused-ring (bicyclic) bond motifs is 1. The first kappa shape index (κ1) is 58.5. The molecule has 3 aromatic heterocycles. The van der Waals surface area contributed by atoms with E-state index in [1.54, 1.807) is 23.1 Å². The number of piperidine rings is 1. The normalized spacial score (nSPS) is 17.6. The summed E-state index contributed by atoms with van der Waals surface area (Å²) in [6.45, 7) is 14.7. The predicted molar refractivity (Wildman–Crippen MR) is 303 cm³/mol. The van der Waals surface area contributed by atoms with E-state index in [-0.39, 0.29) is 79.9 Å². The summed E-state index contributed by atoms with van der Waals surface area (Å²) in [5.74, 6) is -1.02. The Morgan fingerprint density at radius 3 is 2.22 bits per heavy atom. The van der Waals surface area contributed by atoms with E-state index >= 15 is 0 Å². The van der Waals surface area contributed by atoms with Crippen LogP contribution in [0.4, 0.5) is 0 Å². The minimum Gasteiger partial charge on any atom is -0.391 e. The summed E-state index contributed by atoms with van der Waals surface area (Å²) in [7, 11) is 1.78. The highest BCUT2D eigenvalue weighted by molar-refractivity contribution is 7.13. The van der Waals surface area contributed by atoms with Crippen molar-refractivity contribution in [3.05, 3.63) is 123 Å². The number of β-amino-alcohol motifs (C(OH)–C–C–N with tert-alkyl or cyclic N) is 1. The van der Waals surface area contributed by atoms with Gasteiger partial charge in [-0.2, -0.15) is 5.10 Å². The lowest BCUT2D eigenvalue weighted by atomic mass is 9.85. The number of likely N-dealkylation sites (tertiary alicyclic amines) is 2. The Labute approximate surface area is 465 Å². The fourth-order valence-electron chi connectivity index (χ4n) is 10.4. The van der Waals surface area contributed by atoms with E-state index in [1.807, 2.05) is 131 Å².